The van der Waals surface area contributed by atoms with E-state index in [1.54, 1.807) is 6.07 Å². The van der Waals surface area contributed by atoms with Gasteiger partial charge in [-0.05, 0) is 33.0 Å². The maximum atomic E-state index is 12.5. The van der Waals surface area contributed by atoms with E-state index >= 15 is 0 Å². The molecule has 128 valence electrons. The summed E-state index contributed by atoms with van der Waals surface area (Å²) in [5.74, 6) is 0.189. The van der Waals surface area contributed by atoms with Gasteiger partial charge >= 0.3 is 0 Å². The van der Waals surface area contributed by atoms with E-state index in [4.69, 9.17) is 9.47 Å². The van der Waals surface area contributed by atoms with Crippen LogP contribution in [0.2, 0.25) is 0 Å². The maximum absolute atomic E-state index is 12.5. The van der Waals surface area contributed by atoms with Crippen molar-refractivity contribution >= 4 is 5.91 Å². The number of hydrogen-bond donors (Lipinski definition) is 2. The Hall–Kier alpha value is -1.95. The van der Waals surface area contributed by atoms with Crippen LogP contribution in [0, 0.1) is 0 Å². The van der Waals surface area contributed by atoms with Gasteiger partial charge in [0.25, 0.3) is 5.91 Å². The molecule has 6 nitrogen and oxygen atoms in total. The summed E-state index contributed by atoms with van der Waals surface area (Å²) >= 11 is 0. The van der Waals surface area contributed by atoms with Crippen LogP contribution in [0.5, 0.6) is 17.2 Å². The molecule has 1 saturated carbocycles. The van der Waals surface area contributed by atoms with Crippen molar-refractivity contribution in [1.29, 1.82) is 0 Å². The third-order valence-corrected chi connectivity index (χ3v) is 4.81. The van der Waals surface area contributed by atoms with Crippen LogP contribution < -0.4 is 14.8 Å². The molecule has 2 N–H and O–H groups in total. The van der Waals surface area contributed by atoms with Gasteiger partial charge in [-0.15, -0.1) is 0 Å². The average Bonchev–Trinajstić information content (AvgIpc) is 3.03. The maximum Gasteiger partial charge on any atom is 0.255 e. The summed E-state index contributed by atoms with van der Waals surface area (Å²) in [6.45, 7) is 0.553. The molecule has 0 aromatic heterocycles. The van der Waals surface area contributed by atoms with E-state index in [9.17, 15) is 9.90 Å². The van der Waals surface area contributed by atoms with Crippen molar-refractivity contribution in [2.75, 3.05) is 34.9 Å². The number of likely N-dealkylation sites (N-methyl/N-ethyl adjacent to an activating group) is 1. The fraction of sp³-hybridized carbons (Fsp3) is 0.588. The SMILES string of the molecule is COc1cc(OC)c(O)c(C(=O)NCC2(N(C)C)CCCC2)c1. The van der Waals surface area contributed by atoms with Gasteiger partial charge in [0.2, 0.25) is 0 Å². The van der Waals surface area contributed by atoms with Crippen LogP contribution in [0.3, 0.4) is 0 Å². The molecule has 0 unspecified atom stereocenters. The molecular formula is C17H26N2O4. The lowest BCUT2D eigenvalue weighted by atomic mass is 9.96. The second kappa shape index (κ2) is 7.08. The Labute approximate surface area is 137 Å². The number of amides is 1. The third-order valence-electron chi connectivity index (χ3n) is 4.81. The van der Waals surface area contributed by atoms with Crippen molar-refractivity contribution in [3.8, 4) is 17.2 Å². The monoisotopic (exact) mass is 322 g/mol. The van der Waals surface area contributed by atoms with Crippen LogP contribution in [0.15, 0.2) is 12.1 Å². The van der Waals surface area contributed by atoms with Crippen molar-refractivity contribution < 1.29 is 19.4 Å². The molecule has 2 rings (SSSR count). The minimum Gasteiger partial charge on any atom is -0.504 e. The van der Waals surface area contributed by atoms with Gasteiger partial charge in [0.1, 0.15) is 5.75 Å². The van der Waals surface area contributed by atoms with Gasteiger partial charge in [-0.1, -0.05) is 12.8 Å². The molecule has 0 aliphatic heterocycles. The molecule has 1 aromatic rings. The second-order valence-corrected chi connectivity index (χ2v) is 6.23. The Kier molecular flexibility index (Phi) is 5.36. The smallest absolute Gasteiger partial charge is 0.255 e. The second-order valence-electron chi connectivity index (χ2n) is 6.23. The zero-order chi connectivity index (χ0) is 17.0. The van der Waals surface area contributed by atoms with Gasteiger partial charge in [-0.3, -0.25) is 4.79 Å². The number of nitrogens with one attached hydrogen (secondary N) is 1. The molecule has 1 aliphatic carbocycles. The minimum absolute atomic E-state index is 0.00572. The number of phenols is 1. The van der Waals surface area contributed by atoms with Crippen molar-refractivity contribution in [3.63, 3.8) is 0 Å². The first-order valence-corrected chi connectivity index (χ1v) is 7.84. The zero-order valence-electron chi connectivity index (χ0n) is 14.3. The molecule has 1 aliphatic rings. The lowest BCUT2D eigenvalue weighted by Gasteiger charge is -2.36. The number of nitrogens with zero attached hydrogens (tertiary/aromatic N) is 1. The number of ether oxygens (including phenoxy) is 2. The number of carbonyl (C=O) groups excluding carboxylic acids is 1. The highest BCUT2D eigenvalue weighted by molar-refractivity contribution is 5.98. The summed E-state index contributed by atoms with van der Waals surface area (Å²) in [7, 11) is 7.04. The van der Waals surface area contributed by atoms with E-state index in [2.05, 4.69) is 10.2 Å². The fourth-order valence-corrected chi connectivity index (χ4v) is 3.18. The van der Waals surface area contributed by atoms with Crippen molar-refractivity contribution in [2.45, 2.75) is 31.2 Å². The number of benzene rings is 1. The molecule has 0 spiro atoms. The highest BCUT2D eigenvalue weighted by atomic mass is 16.5. The number of phenolic OH excluding ortho intramolecular Hbond substituents is 1. The van der Waals surface area contributed by atoms with Crippen LogP contribution in [0.4, 0.5) is 0 Å². The van der Waals surface area contributed by atoms with Crippen molar-refractivity contribution in [3.05, 3.63) is 17.7 Å². The first kappa shape index (κ1) is 17.4. The van der Waals surface area contributed by atoms with Crippen molar-refractivity contribution in [2.24, 2.45) is 0 Å². The molecule has 0 radical (unpaired) electrons. The molecule has 23 heavy (non-hydrogen) atoms. The molecule has 6 heteroatoms. The summed E-state index contributed by atoms with van der Waals surface area (Å²) in [6, 6.07) is 3.06. The predicted octanol–water partition coefficient (Wildman–Crippen LogP) is 2.01. The summed E-state index contributed by atoms with van der Waals surface area (Å²) in [5.41, 5.74) is 0.155. The normalized spacial score (nSPS) is 16.4. The Balaban J connectivity index is 2.17. The molecular weight excluding hydrogens is 296 g/mol. The van der Waals surface area contributed by atoms with Crippen LogP contribution in [-0.2, 0) is 0 Å². The number of rotatable bonds is 6. The van der Waals surface area contributed by atoms with Gasteiger partial charge in [-0.2, -0.15) is 0 Å². The number of aromatic hydroxyl groups is 1. The fourth-order valence-electron chi connectivity index (χ4n) is 3.18. The van der Waals surface area contributed by atoms with E-state index in [1.165, 1.54) is 33.1 Å². The van der Waals surface area contributed by atoms with Gasteiger partial charge < -0.3 is 24.8 Å². The molecule has 0 saturated heterocycles. The summed E-state index contributed by atoms with van der Waals surface area (Å²) in [5, 5.41) is 13.1. The summed E-state index contributed by atoms with van der Waals surface area (Å²) in [6.07, 6.45) is 4.47. The molecule has 0 atom stereocenters. The number of carbonyl (C=O) groups is 1. The Bertz CT molecular complexity index is 566. The molecule has 1 fully saturated rings. The van der Waals surface area contributed by atoms with Crippen LogP contribution in [0.25, 0.3) is 0 Å². The van der Waals surface area contributed by atoms with E-state index in [-0.39, 0.29) is 28.5 Å². The van der Waals surface area contributed by atoms with E-state index < -0.39 is 0 Å². The van der Waals surface area contributed by atoms with Crippen LogP contribution in [0.1, 0.15) is 36.0 Å². The van der Waals surface area contributed by atoms with E-state index in [0.29, 0.717) is 12.3 Å². The molecule has 0 bridgehead atoms. The van der Waals surface area contributed by atoms with E-state index in [1.807, 2.05) is 14.1 Å². The lowest BCUT2D eigenvalue weighted by molar-refractivity contribution is 0.0896. The average molecular weight is 322 g/mol. The molecule has 1 aromatic carbocycles. The Morgan fingerprint density at radius 1 is 1.26 bits per heavy atom. The highest BCUT2D eigenvalue weighted by Gasteiger charge is 2.36. The molecule has 1 amide bonds. The highest BCUT2D eigenvalue weighted by Crippen LogP contribution is 2.35. The minimum atomic E-state index is -0.326. The van der Waals surface area contributed by atoms with Gasteiger partial charge in [0, 0.05) is 18.2 Å². The number of hydrogen-bond acceptors (Lipinski definition) is 5. The Morgan fingerprint density at radius 3 is 2.43 bits per heavy atom. The third kappa shape index (κ3) is 3.52. The number of methoxy groups -OCH3 is 2. The largest absolute Gasteiger partial charge is 0.504 e. The summed E-state index contributed by atoms with van der Waals surface area (Å²) in [4.78, 5) is 14.7. The van der Waals surface area contributed by atoms with Crippen molar-refractivity contribution in [1.82, 2.24) is 10.2 Å². The molecule has 0 heterocycles. The van der Waals surface area contributed by atoms with Crippen LogP contribution in [-0.4, -0.2) is 56.3 Å². The van der Waals surface area contributed by atoms with Gasteiger partial charge in [-0.25, -0.2) is 0 Å². The van der Waals surface area contributed by atoms with Gasteiger partial charge in [0.05, 0.1) is 19.8 Å². The summed E-state index contributed by atoms with van der Waals surface area (Å²) < 4.78 is 10.3. The lowest BCUT2D eigenvalue weighted by Crippen LogP contribution is -2.50. The Morgan fingerprint density at radius 2 is 1.91 bits per heavy atom. The predicted molar refractivity (Wildman–Crippen MR) is 88.4 cm³/mol. The standard InChI is InChI=1S/C17H26N2O4/c1-19(2)17(7-5-6-8-17)11-18-16(21)13-9-12(22-3)10-14(23-4)15(13)20/h9-10,20H,5-8,11H2,1-4H3,(H,18,21). The first-order chi connectivity index (χ1) is 10.9. The van der Waals surface area contributed by atoms with Crippen LogP contribution >= 0.6 is 0 Å². The van der Waals surface area contributed by atoms with Gasteiger partial charge in [0.15, 0.2) is 11.5 Å². The quantitative estimate of drug-likeness (QED) is 0.838. The van der Waals surface area contributed by atoms with E-state index in [0.717, 1.165) is 12.8 Å². The topological polar surface area (TPSA) is 71.0 Å². The first-order valence-electron chi connectivity index (χ1n) is 7.84. The zero-order valence-corrected chi connectivity index (χ0v) is 14.3.